The highest BCUT2D eigenvalue weighted by Gasteiger charge is 2.05. The molecule has 0 atom stereocenters. The minimum Gasteiger partial charge on any atom is -0.497 e. The molecule has 4 nitrogen and oxygen atoms in total. The van der Waals surface area contributed by atoms with E-state index < -0.39 is 0 Å². The fraction of sp³-hybridized carbons (Fsp3) is 0.214. The number of aromatic nitrogens is 1. The maximum absolute atomic E-state index is 9.28. The van der Waals surface area contributed by atoms with Crippen LogP contribution in [0.3, 0.4) is 0 Å². The molecule has 0 amide bonds. The van der Waals surface area contributed by atoms with Crippen molar-refractivity contribution in [1.82, 2.24) is 4.98 Å². The number of aliphatic hydroxyl groups is 1. The van der Waals surface area contributed by atoms with Crippen LogP contribution in [0.5, 0.6) is 11.5 Å². The van der Waals surface area contributed by atoms with E-state index in [0.29, 0.717) is 23.7 Å². The molecule has 0 spiro atoms. The highest BCUT2D eigenvalue weighted by molar-refractivity contribution is 5.39. The summed E-state index contributed by atoms with van der Waals surface area (Å²) in [6.07, 6.45) is 1.72. The molecule has 0 aliphatic heterocycles. The Kier molecular flexibility index (Phi) is 4.15. The molecule has 0 radical (unpaired) electrons. The van der Waals surface area contributed by atoms with Crippen LogP contribution in [0.15, 0.2) is 42.6 Å². The highest BCUT2D eigenvalue weighted by atomic mass is 16.5. The van der Waals surface area contributed by atoms with E-state index in [1.165, 1.54) is 0 Å². The Morgan fingerprint density at radius 1 is 1.22 bits per heavy atom. The van der Waals surface area contributed by atoms with Crippen molar-refractivity contribution in [3.8, 4) is 11.5 Å². The van der Waals surface area contributed by atoms with E-state index in [1.807, 2.05) is 18.2 Å². The summed E-state index contributed by atoms with van der Waals surface area (Å²) in [5.41, 5.74) is 1.54. The van der Waals surface area contributed by atoms with Crippen LogP contribution < -0.4 is 9.47 Å². The maximum Gasteiger partial charge on any atom is 0.130 e. The van der Waals surface area contributed by atoms with Crippen LogP contribution in [-0.4, -0.2) is 17.2 Å². The molecule has 1 aromatic heterocycles. The SMILES string of the molecule is COc1ccc(OCc2ccccn2)c(CO)c1. The molecular formula is C14H15NO3. The van der Waals surface area contributed by atoms with Gasteiger partial charge in [-0.15, -0.1) is 0 Å². The van der Waals surface area contributed by atoms with Gasteiger partial charge in [-0.2, -0.15) is 0 Å². The van der Waals surface area contributed by atoms with Gasteiger partial charge < -0.3 is 14.6 Å². The average molecular weight is 245 g/mol. The Labute approximate surface area is 106 Å². The topological polar surface area (TPSA) is 51.6 Å². The van der Waals surface area contributed by atoms with Gasteiger partial charge in [-0.25, -0.2) is 0 Å². The molecule has 2 rings (SSSR count). The van der Waals surface area contributed by atoms with Crippen molar-refractivity contribution in [2.45, 2.75) is 13.2 Å². The molecule has 1 aromatic carbocycles. The lowest BCUT2D eigenvalue weighted by atomic mass is 10.2. The van der Waals surface area contributed by atoms with E-state index in [0.717, 1.165) is 5.69 Å². The van der Waals surface area contributed by atoms with Crippen LogP contribution in [0.2, 0.25) is 0 Å². The van der Waals surface area contributed by atoms with Crippen molar-refractivity contribution < 1.29 is 14.6 Å². The molecule has 0 bridgehead atoms. The molecule has 18 heavy (non-hydrogen) atoms. The molecule has 1 heterocycles. The van der Waals surface area contributed by atoms with Crippen LogP contribution in [0.1, 0.15) is 11.3 Å². The Bertz CT molecular complexity index is 500. The lowest BCUT2D eigenvalue weighted by Gasteiger charge is -2.11. The van der Waals surface area contributed by atoms with Gasteiger partial charge >= 0.3 is 0 Å². The second-order valence-corrected chi connectivity index (χ2v) is 3.74. The lowest BCUT2D eigenvalue weighted by Crippen LogP contribution is -2.00. The molecular weight excluding hydrogens is 230 g/mol. The number of ether oxygens (including phenoxy) is 2. The smallest absolute Gasteiger partial charge is 0.130 e. The molecule has 0 aliphatic rings. The third kappa shape index (κ3) is 2.99. The number of hydrogen-bond acceptors (Lipinski definition) is 4. The number of methoxy groups -OCH3 is 1. The fourth-order valence-electron chi connectivity index (χ4n) is 1.58. The molecule has 1 N–H and O–H groups in total. The van der Waals surface area contributed by atoms with Crippen molar-refractivity contribution in [2.75, 3.05) is 7.11 Å². The van der Waals surface area contributed by atoms with Gasteiger partial charge in [-0.3, -0.25) is 4.98 Å². The first-order chi connectivity index (χ1) is 8.83. The first-order valence-electron chi connectivity index (χ1n) is 5.64. The van der Waals surface area contributed by atoms with E-state index in [9.17, 15) is 5.11 Å². The third-order valence-electron chi connectivity index (χ3n) is 2.54. The standard InChI is InChI=1S/C14H15NO3/c1-17-13-5-6-14(11(8-13)9-16)18-10-12-4-2-3-7-15-12/h2-8,16H,9-10H2,1H3. The average Bonchev–Trinajstić information content (AvgIpc) is 2.46. The Balaban J connectivity index is 2.09. The van der Waals surface area contributed by atoms with Crippen LogP contribution in [0.25, 0.3) is 0 Å². The van der Waals surface area contributed by atoms with E-state index in [2.05, 4.69) is 4.98 Å². The summed E-state index contributed by atoms with van der Waals surface area (Å²) in [6.45, 7) is 0.287. The Morgan fingerprint density at radius 2 is 2.11 bits per heavy atom. The normalized spacial score (nSPS) is 10.1. The predicted molar refractivity (Wildman–Crippen MR) is 67.5 cm³/mol. The van der Waals surface area contributed by atoms with Gasteiger partial charge in [0.1, 0.15) is 18.1 Å². The zero-order chi connectivity index (χ0) is 12.8. The number of nitrogens with zero attached hydrogens (tertiary/aromatic N) is 1. The van der Waals surface area contributed by atoms with Crippen molar-refractivity contribution in [2.24, 2.45) is 0 Å². The summed E-state index contributed by atoms with van der Waals surface area (Å²) in [5, 5.41) is 9.28. The highest BCUT2D eigenvalue weighted by Crippen LogP contribution is 2.24. The van der Waals surface area contributed by atoms with E-state index in [4.69, 9.17) is 9.47 Å². The van der Waals surface area contributed by atoms with Gasteiger partial charge in [0.15, 0.2) is 0 Å². The second-order valence-electron chi connectivity index (χ2n) is 3.74. The van der Waals surface area contributed by atoms with Gasteiger partial charge in [0, 0.05) is 11.8 Å². The van der Waals surface area contributed by atoms with Crippen molar-refractivity contribution >= 4 is 0 Å². The van der Waals surface area contributed by atoms with E-state index >= 15 is 0 Å². The Morgan fingerprint density at radius 3 is 2.78 bits per heavy atom. The summed E-state index contributed by atoms with van der Waals surface area (Å²) in [6, 6.07) is 11.0. The molecule has 0 fully saturated rings. The fourth-order valence-corrected chi connectivity index (χ4v) is 1.58. The van der Waals surface area contributed by atoms with Gasteiger partial charge in [0.2, 0.25) is 0 Å². The second kappa shape index (κ2) is 6.02. The van der Waals surface area contributed by atoms with E-state index in [1.54, 1.807) is 31.5 Å². The zero-order valence-electron chi connectivity index (χ0n) is 10.2. The number of hydrogen-bond donors (Lipinski definition) is 1. The van der Waals surface area contributed by atoms with Gasteiger partial charge in [-0.1, -0.05) is 6.07 Å². The maximum atomic E-state index is 9.28. The molecule has 4 heteroatoms. The summed E-state index contributed by atoms with van der Waals surface area (Å²) >= 11 is 0. The van der Waals surface area contributed by atoms with Crippen molar-refractivity contribution in [3.05, 3.63) is 53.9 Å². The van der Waals surface area contributed by atoms with Crippen LogP contribution in [0.4, 0.5) is 0 Å². The molecule has 94 valence electrons. The molecule has 0 saturated carbocycles. The quantitative estimate of drug-likeness (QED) is 0.877. The van der Waals surface area contributed by atoms with Gasteiger partial charge in [-0.05, 0) is 30.3 Å². The van der Waals surface area contributed by atoms with Gasteiger partial charge in [0.05, 0.1) is 19.4 Å². The molecule has 0 aliphatic carbocycles. The largest absolute Gasteiger partial charge is 0.497 e. The molecule has 0 unspecified atom stereocenters. The minimum absolute atomic E-state index is 0.0885. The molecule has 0 saturated heterocycles. The van der Waals surface area contributed by atoms with Crippen molar-refractivity contribution in [1.29, 1.82) is 0 Å². The molecule has 2 aromatic rings. The third-order valence-corrected chi connectivity index (χ3v) is 2.54. The number of aliphatic hydroxyl groups excluding tert-OH is 1. The minimum atomic E-state index is -0.0885. The lowest BCUT2D eigenvalue weighted by molar-refractivity contribution is 0.256. The number of rotatable bonds is 5. The number of pyridine rings is 1. The van der Waals surface area contributed by atoms with E-state index in [-0.39, 0.29) is 6.61 Å². The summed E-state index contributed by atoms with van der Waals surface area (Å²) < 4.78 is 10.7. The first kappa shape index (κ1) is 12.4. The number of benzene rings is 1. The van der Waals surface area contributed by atoms with Crippen LogP contribution in [0, 0.1) is 0 Å². The van der Waals surface area contributed by atoms with Gasteiger partial charge in [0.25, 0.3) is 0 Å². The summed E-state index contributed by atoms with van der Waals surface area (Å²) in [4.78, 5) is 4.17. The zero-order valence-corrected chi connectivity index (χ0v) is 10.2. The van der Waals surface area contributed by atoms with Crippen LogP contribution in [-0.2, 0) is 13.2 Å². The van der Waals surface area contributed by atoms with Crippen LogP contribution >= 0.6 is 0 Å². The monoisotopic (exact) mass is 245 g/mol. The summed E-state index contributed by atoms with van der Waals surface area (Å²) in [5.74, 6) is 1.34. The predicted octanol–water partition coefficient (Wildman–Crippen LogP) is 2.16. The Hall–Kier alpha value is -2.07. The first-order valence-corrected chi connectivity index (χ1v) is 5.64. The summed E-state index contributed by atoms with van der Waals surface area (Å²) in [7, 11) is 1.59. The van der Waals surface area contributed by atoms with Crippen molar-refractivity contribution in [3.63, 3.8) is 0 Å².